The van der Waals surface area contributed by atoms with Gasteiger partial charge in [-0.25, -0.2) is 0 Å². The van der Waals surface area contributed by atoms with Crippen LogP contribution in [-0.2, 0) is 23.9 Å². The number of fused-ring (bicyclic) bond motifs is 5. The summed E-state index contributed by atoms with van der Waals surface area (Å²) in [7, 11) is 0. The molecule has 0 heterocycles. The third-order valence-electron chi connectivity index (χ3n) is 10.3. The fourth-order valence-corrected chi connectivity index (χ4v) is 8.18. The maximum absolute atomic E-state index is 13.3. The molecule has 4 aliphatic rings. The van der Waals surface area contributed by atoms with Crippen LogP contribution in [0.4, 0.5) is 0 Å². The maximum atomic E-state index is 13.3. The zero-order valence-electron chi connectivity index (χ0n) is 23.0. The molecule has 0 saturated heterocycles. The number of esters is 1. The molecular formula is C29H43NO8. The fraction of sp³-hybridized carbons (Fsp3) is 0.793. The van der Waals surface area contributed by atoms with Gasteiger partial charge in [0.05, 0.1) is 24.7 Å². The predicted octanol–water partition coefficient (Wildman–Crippen LogP) is 2.00. The first-order valence-corrected chi connectivity index (χ1v) is 13.9. The number of rotatable bonds is 8. The summed E-state index contributed by atoms with van der Waals surface area (Å²) in [6, 6.07) is 0. The van der Waals surface area contributed by atoms with Gasteiger partial charge in [-0.15, -0.1) is 0 Å². The van der Waals surface area contributed by atoms with Crippen molar-refractivity contribution >= 4 is 23.4 Å². The smallest absolute Gasteiger partial charge is 0.306 e. The summed E-state index contributed by atoms with van der Waals surface area (Å²) in [5, 5.41) is 35.1. The van der Waals surface area contributed by atoms with E-state index in [1.54, 1.807) is 19.9 Å². The number of aliphatic hydroxyl groups excluding tert-OH is 2. The molecule has 3 fully saturated rings. The quantitative estimate of drug-likeness (QED) is 0.346. The first kappa shape index (κ1) is 28.9. The van der Waals surface area contributed by atoms with Crippen molar-refractivity contribution in [2.45, 2.75) is 103 Å². The molecular weight excluding hydrogens is 490 g/mol. The van der Waals surface area contributed by atoms with Gasteiger partial charge in [0.15, 0.2) is 12.4 Å². The Balaban J connectivity index is 1.40. The van der Waals surface area contributed by atoms with Gasteiger partial charge in [-0.1, -0.05) is 19.4 Å². The predicted molar refractivity (Wildman–Crippen MR) is 138 cm³/mol. The number of aliphatic hydroxyl groups is 3. The molecule has 0 aromatic heterocycles. The highest BCUT2D eigenvalue weighted by molar-refractivity contribution is 5.92. The van der Waals surface area contributed by atoms with Crippen LogP contribution in [0.5, 0.6) is 0 Å². The van der Waals surface area contributed by atoms with Crippen LogP contribution < -0.4 is 5.32 Å². The van der Waals surface area contributed by atoms with Crippen molar-refractivity contribution in [3.63, 3.8) is 0 Å². The lowest BCUT2D eigenvalue weighted by Crippen LogP contribution is -2.62. The Morgan fingerprint density at radius 1 is 1.13 bits per heavy atom. The van der Waals surface area contributed by atoms with E-state index in [1.165, 1.54) is 0 Å². The van der Waals surface area contributed by atoms with Gasteiger partial charge < -0.3 is 25.4 Å². The second kappa shape index (κ2) is 10.1. The van der Waals surface area contributed by atoms with E-state index in [0.29, 0.717) is 19.3 Å². The summed E-state index contributed by atoms with van der Waals surface area (Å²) >= 11 is 0. The van der Waals surface area contributed by atoms with Crippen LogP contribution >= 0.6 is 0 Å². The van der Waals surface area contributed by atoms with Crippen molar-refractivity contribution in [1.29, 1.82) is 0 Å². The largest absolute Gasteiger partial charge is 0.458 e. The molecule has 3 saturated carbocycles. The Hall–Kier alpha value is -2.10. The molecule has 9 heteroatoms. The van der Waals surface area contributed by atoms with E-state index in [1.807, 2.05) is 6.92 Å². The molecule has 4 rings (SSSR count). The van der Waals surface area contributed by atoms with Gasteiger partial charge >= 0.3 is 5.97 Å². The fourth-order valence-electron chi connectivity index (χ4n) is 8.18. The summed E-state index contributed by atoms with van der Waals surface area (Å²) in [6.07, 6.45) is 4.65. The highest BCUT2D eigenvalue weighted by Gasteiger charge is 2.68. The van der Waals surface area contributed by atoms with Gasteiger partial charge in [-0.3, -0.25) is 19.2 Å². The van der Waals surface area contributed by atoms with Crippen LogP contribution in [0, 0.1) is 28.6 Å². The van der Waals surface area contributed by atoms with Crippen molar-refractivity contribution in [1.82, 2.24) is 5.32 Å². The zero-order valence-corrected chi connectivity index (χ0v) is 23.0. The van der Waals surface area contributed by atoms with Crippen molar-refractivity contribution in [2.75, 3.05) is 13.2 Å². The average molecular weight is 534 g/mol. The number of carbonyl (C=O) groups excluding carboxylic acids is 4. The van der Waals surface area contributed by atoms with Gasteiger partial charge in [-0.2, -0.15) is 0 Å². The monoisotopic (exact) mass is 533 g/mol. The van der Waals surface area contributed by atoms with Gasteiger partial charge in [-0.05, 0) is 81.6 Å². The minimum Gasteiger partial charge on any atom is -0.458 e. The molecule has 9 nitrogen and oxygen atoms in total. The third kappa shape index (κ3) is 4.86. The molecule has 4 aliphatic carbocycles. The van der Waals surface area contributed by atoms with Crippen LogP contribution in [0.1, 0.15) is 85.5 Å². The standard InChI is InChI=1S/C29H43NO8/c1-26(2,16-31)30-23(35)7-8-24(36)38-15-22(34)29(37)12-10-20-19-6-5-17-13-18(32)9-11-27(17,3)25(19)21(33)14-28(20,29)4/h13,19-21,25,31,33,37H,5-12,14-16H2,1-4H3,(H,30,35)/t19-,20-,21-,25+,27+,28+,29+/m1/s1. The first-order chi connectivity index (χ1) is 17.7. The van der Waals surface area contributed by atoms with Crippen LogP contribution in [-0.4, -0.2) is 69.2 Å². The van der Waals surface area contributed by atoms with Crippen LogP contribution in [0.3, 0.4) is 0 Å². The van der Waals surface area contributed by atoms with E-state index >= 15 is 0 Å². The Morgan fingerprint density at radius 2 is 1.84 bits per heavy atom. The molecule has 0 aliphatic heterocycles. The van der Waals surface area contributed by atoms with Gasteiger partial charge in [0.2, 0.25) is 11.7 Å². The molecule has 38 heavy (non-hydrogen) atoms. The first-order valence-electron chi connectivity index (χ1n) is 13.9. The number of allylic oxidation sites excluding steroid dienone is 1. The summed E-state index contributed by atoms with van der Waals surface area (Å²) < 4.78 is 5.16. The molecule has 0 spiro atoms. The normalized spacial score (nSPS) is 38.4. The van der Waals surface area contributed by atoms with E-state index in [9.17, 15) is 34.5 Å². The zero-order chi connectivity index (χ0) is 28.1. The molecule has 0 radical (unpaired) electrons. The van der Waals surface area contributed by atoms with Crippen molar-refractivity contribution in [3.8, 4) is 0 Å². The SMILES string of the molecule is CC(C)(CO)NC(=O)CCC(=O)OCC(=O)[C@@]1(O)CC[C@@H]2[C@H]3CCC4=CC(=O)CC[C@]4(C)[C@@H]3[C@H](O)C[C@@]21C. The number of hydrogen-bond donors (Lipinski definition) is 4. The maximum Gasteiger partial charge on any atom is 0.306 e. The number of ether oxygens (including phenoxy) is 1. The summed E-state index contributed by atoms with van der Waals surface area (Å²) in [5.74, 6) is -1.40. The molecule has 212 valence electrons. The van der Waals surface area contributed by atoms with Gasteiger partial charge in [0, 0.05) is 18.3 Å². The number of hydrogen-bond acceptors (Lipinski definition) is 8. The Labute approximate surface area is 224 Å². The molecule has 7 atom stereocenters. The number of amides is 1. The summed E-state index contributed by atoms with van der Waals surface area (Å²) in [4.78, 5) is 49.7. The van der Waals surface area contributed by atoms with E-state index in [0.717, 1.165) is 18.4 Å². The molecule has 0 aromatic rings. The third-order valence-corrected chi connectivity index (χ3v) is 10.3. The minimum absolute atomic E-state index is 0.0223. The topological polar surface area (TPSA) is 150 Å². The second-order valence-corrected chi connectivity index (χ2v) is 13.2. The van der Waals surface area contributed by atoms with Gasteiger partial charge in [0.25, 0.3) is 0 Å². The van der Waals surface area contributed by atoms with E-state index in [2.05, 4.69) is 12.2 Å². The lowest BCUT2D eigenvalue weighted by atomic mass is 9.45. The van der Waals surface area contributed by atoms with E-state index < -0.39 is 46.9 Å². The van der Waals surface area contributed by atoms with Crippen molar-refractivity contribution in [2.24, 2.45) is 28.6 Å². The number of carbonyl (C=O) groups is 4. The highest BCUT2D eigenvalue weighted by atomic mass is 16.5. The van der Waals surface area contributed by atoms with Crippen LogP contribution in [0.25, 0.3) is 0 Å². The molecule has 4 N–H and O–H groups in total. The summed E-state index contributed by atoms with van der Waals surface area (Å²) in [6.45, 7) is 6.52. The lowest BCUT2D eigenvalue weighted by Gasteiger charge is -2.60. The molecule has 0 aromatic carbocycles. The molecule has 0 unspecified atom stereocenters. The lowest BCUT2D eigenvalue weighted by molar-refractivity contribution is -0.184. The second-order valence-electron chi connectivity index (χ2n) is 13.2. The average Bonchev–Trinajstić information content (AvgIpc) is 3.12. The Kier molecular flexibility index (Phi) is 7.71. The number of Topliss-reactive ketones (excluding diaryl/α,β-unsaturated/α-hetero) is 1. The Morgan fingerprint density at radius 3 is 2.53 bits per heavy atom. The highest BCUT2D eigenvalue weighted by Crippen LogP contribution is 2.67. The van der Waals surface area contributed by atoms with E-state index in [-0.39, 0.29) is 61.2 Å². The molecule has 1 amide bonds. The molecule has 0 bridgehead atoms. The van der Waals surface area contributed by atoms with Crippen LogP contribution in [0.15, 0.2) is 11.6 Å². The Bertz CT molecular complexity index is 1040. The van der Waals surface area contributed by atoms with Crippen LogP contribution in [0.2, 0.25) is 0 Å². The van der Waals surface area contributed by atoms with Gasteiger partial charge in [0.1, 0.15) is 5.60 Å². The summed E-state index contributed by atoms with van der Waals surface area (Å²) in [5.41, 5.74) is -2.50. The van der Waals surface area contributed by atoms with Crippen molar-refractivity contribution < 1.29 is 39.2 Å². The number of nitrogens with one attached hydrogen (secondary N) is 1. The number of ketones is 2. The van der Waals surface area contributed by atoms with Crippen molar-refractivity contribution in [3.05, 3.63) is 11.6 Å². The minimum atomic E-state index is -1.72. The van der Waals surface area contributed by atoms with E-state index in [4.69, 9.17) is 4.74 Å².